The zero-order valence-electron chi connectivity index (χ0n) is 14.5. The number of rotatable bonds is 6. The van der Waals surface area contributed by atoms with Crippen molar-refractivity contribution >= 4 is 40.7 Å². The van der Waals surface area contributed by atoms with E-state index >= 15 is 0 Å². The molecule has 0 radical (unpaired) electrons. The molecule has 0 aliphatic carbocycles. The van der Waals surface area contributed by atoms with Crippen LogP contribution in [0.4, 0.5) is 5.69 Å². The van der Waals surface area contributed by atoms with Crippen LogP contribution in [-0.2, 0) is 9.53 Å². The van der Waals surface area contributed by atoms with Gasteiger partial charge in [-0.2, -0.15) is 0 Å². The lowest BCUT2D eigenvalue weighted by Gasteiger charge is -2.15. The van der Waals surface area contributed by atoms with Gasteiger partial charge in [0.1, 0.15) is 0 Å². The predicted octanol–water partition coefficient (Wildman–Crippen LogP) is 3.29. The molecule has 1 aliphatic rings. The minimum Gasteiger partial charge on any atom is -0.452 e. The van der Waals surface area contributed by atoms with Crippen LogP contribution < -0.4 is 0 Å². The Morgan fingerprint density at radius 3 is 2.74 bits per heavy atom. The van der Waals surface area contributed by atoms with Crippen LogP contribution in [0.3, 0.4) is 0 Å². The van der Waals surface area contributed by atoms with Gasteiger partial charge in [-0.05, 0) is 25.8 Å². The second-order valence-electron chi connectivity index (χ2n) is 5.96. The molecule has 2 aromatic rings. The highest BCUT2D eigenvalue weighted by Crippen LogP contribution is 2.34. The molecule has 0 N–H and O–H groups in total. The number of ether oxygens (including phenoxy) is 1. The van der Waals surface area contributed by atoms with E-state index in [-0.39, 0.29) is 23.8 Å². The Morgan fingerprint density at radius 1 is 1.37 bits per heavy atom. The molecule has 0 saturated carbocycles. The summed E-state index contributed by atoms with van der Waals surface area (Å²) >= 11 is 2.65. The van der Waals surface area contributed by atoms with Crippen molar-refractivity contribution in [3.63, 3.8) is 0 Å². The Labute approximate surface area is 163 Å². The molecule has 0 bridgehead atoms. The van der Waals surface area contributed by atoms with Crippen LogP contribution in [0.1, 0.15) is 28.9 Å². The standard InChI is InChI=1S/C17H17N3O5S2/c1-11-10-26-17(18-11)27-14-5-4-12(20(23)24)8-13(14)16(22)25-9-15(21)19-6-2-3-7-19/h4-5,8,10H,2-3,6-7,9H2,1H3. The Kier molecular flexibility index (Phi) is 6.07. The van der Waals surface area contributed by atoms with Gasteiger partial charge in [0.2, 0.25) is 0 Å². The maximum absolute atomic E-state index is 12.5. The van der Waals surface area contributed by atoms with Gasteiger partial charge in [-0.15, -0.1) is 11.3 Å². The molecule has 2 heterocycles. The number of nitrogens with zero attached hydrogens (tertiary/aromatic N) is 3. The van der Waals surface area contributed by atoms with Crippen molar-refractivity contribution in [2.24, 2.45) is 0 Å². The largest absolute Gasteiger partial charge is 0.452 e. The monoisotopic (exact) mass is 407 g/mol. The van der Waals surface area contributed by atoms with Crippen LogP contribution in [-0.4, -0.2) is 46.4 Å². The van der Waals surface area contributed by atoms with Crippen molar-refractivity contribution in [2.75, 3.05) is 19.7 Å². The molecule has 1 aliphatic heterocycles. The SMILES string of the molecule is Cc1csc(Sc2ccc([N+](=O)[O-])cc2C(=O)OCC(=O)N2CCCC2)n1. The van der Waals surface area contributed by atoms with Gasteiger partial charge in [0, 0.05) is 41.2 Å². The molecule has 1 amide bonds. The van der Waals surface area contributed by atoms with Crippen LogP contribution in [0.25, 0.3) is 0 Å². The summed E-state index contributed by atoms with van der Waals surface area (Å²) in [4.78, 5) is 41.5. The van der Waals surface area contributed by atoms with Crippen molar-refractivity contribution in [1.82, 2.24) is 9.88 Å². The summed E-state index contributed by atoms with van der Waals surface area (Å²) in [5.41, 5.74) is 0.688. The van der Waals surface area contributed by atoms with E-state index in [0.29, 0.717) is 22.3 Å². The number of aromatic nitrogens is 1. The van der Waals surface area contributed by atoms with Gasteiger partial charge in [-0.1, -0.05) is 11.8 Å². The lowest BCUT2D eigenvalue weighted by Crippen LogP contribution is -2.32. The number of nitro groups is 1. The number of amides is 1. The number of benzene rings is 1. The summed E-state index contributed by atoms with van der Waals surface area (Å²) in [6, 6.07) is 4.00. The predicted molar refractivity (Wildman–Crippen MR) is 100 cm³/mol. The molecular weight excluding hydrogens is 390 g/mol. The lowest BCUT2D eigenvalue weighted by molar-refractivity contribution is -0.384. The van der Waals surface area contributed by atoms with E-state index in [1.807, 2.05) is 12.3 Å². The van der Waals surface area contributed by atoms with E-state index in [9.17, 15) is 19.7 Å². The maximum atomic E-state index is 12.5. The van der Waals surface area contributed by atoms with Crippen LogP contribution in [0.5, 0.6) is 0 Å². The third-order valence-electron chi connectivity index (χ3n) is 3.97. The third kappa shape index (κ3) is 4.83. The Hall–Kier alpha value is -2.46. The zero-order valence-corrected chi connectivity index (χ0v) is 16.2. The summed E-state index contributed by atoms with van der Waals surface area (Å²) in [6.45, 7) is 2.81. The first-order valence-corrected chi connectivity index (χ1v) is 9.97. The lowest BCUT2D eigenvalue weighted by atomic mass is 10.2. The van der Waals surface area contributed by atoms with Gasteiger partial charge in [-0.25, -0.2) is 9.78 Å². The van der Waals surface area contributed by atoms with Gasteiger partial charge in [-0.3, -0.25) is 14.9 Å². The van der Waals surface area contributed by atoms with E-state index < -0.39 is 10.9 Å². The molecule has 1 aromatic heterocycles. The topological polar surface area (TPSA) is 103 Å². The molecule has 0 unspecified atom stereocenters. The van der Waals surface area contributed by atoms with Gasteiger partial charge >= 0.3 is 5.97 Å². The zero-order chi connectivity index (χ0) is 19.4. The molecule has 1 fully saturated rings. The molecule has 3 rings (SSSR count). The minimum absolute atomic E-state index is 0.0521. The summed E-state index contributed by atoms with van der Waals surface area (Å²) in [7, 11) is 0. The number of thiazole rings is 1. The van der Waals surface area contributed by atoms with Gasteiger partial charge in [0.05, 0.1) is 10.5 Å². The van der Waals surface area contributed by atoms with Crippen molar-refractivity contribution < 1.29 is 19.2 Å². The second kappa shape index (κ2) is 8.49. The van der Waals surface area contributed by atoms with E-state index in [1.54, 1.807) is 4.90 Å². The number of esters is 1. The van der Waals surface area contributed by atoms with Crippen LogP contribution >= 0.6 is 23.1 Å². The van der Waals surface area contributed by atoms with Crippen LogP contribution in [0.15, 0.2) is 32.8 Å². The van der Waals surface area contributed by atoms with E-state index in [4.69, 9.17) is 4.74 Å². The summed E-state index contributed by atoms with van der Waals surface area (Å²) in [5.74, 6) is -1.02. The molecule has 10 heteroatoms. The highest BCUT2D eigenvalue weighted by molar-refractivity contribution is 8.01. The molecular formula is C17H17N3O5S2. The Morgan fingerprint density at radius 2 is 2.11 bits per heavy atom. The summed E-state index contributed by atoms with van der Waals surface area (Å²) in [6.07, 6.45) is 1.89. The van der Waals surface area contributed by atoms with E-state index in [1.165, 1.54) is 41.3 Å². The quantitative estimate of drug-likeness (QED) is 0.411. The molecule has 0 spiro atoms. The number of likely N-dealkylation sites (tertiary alicyclic amines) is 1. The molecule has 1 saturated heterocycles. The van der Waals surface area contributed by atoms with E-state index in [2.05, 4.69) is 4.98 Å². The van der Waals surface area contributed by atoms with Gasteiger partial charge in [0.15, 0.2) is 10.9 Å². The first-order chi connectivity index (χ1) is 12.9. The highest BCUT2D eigenvalue weighted by Gasteiger charge is 2.23. The first kappa shape index (κ1) is 19.3. The van der Waals surface area contributed by atoms with Crippen molar-refractivity contribution in [2.45, 2.75) is 29.0 Å². The number of hydrogen-bond acceptors (Lipinski definition) is 8. The summed E-state index contributed by atoms with van der Waals surface area (Å²) in [5, 5.41) is 12.9. The number of non-ortho nitro benzene ring substituents is 1. The highest BCUT2D eigenvalue weighted by atomic mass is 32.2. The van der Waals surface area contributed by atoms with Crippen LogP contribution in [0.2, 0.25) is 0 Å². The fourth-order valence-electron chi connectivity index (χ4n) is 2.62. The fraction of sp³-hybridized carbons (Fsp3) is 0.353. The second-order valence-corrected chi connectivity index (χ2v) is 8.11. The number of nitro benzene ring substituents is 1. The minimum atomic E-state index is -0.762. The third-order valence-corrected chi connectivity index (χ3v) is 6.11. The van der Waals surface area contributed by atoms with Crippen LogP contribution in [0, 0.1) is 17.0 Å². The van der Waals surface area contributed by atoms with Gasteiger partial charge < -0.3 is 9.64 Å². The fourth-order valence-corrected chi connectivity index (χ4v) is 4.51. The number of hydrogen-bond donors (Lipinski definition) is 0. The number of aryl methyl sites for hydroxylation is 1. The average Bonchev–Trinajstić information content (AvgIpc) is 3.31. The Balaban J connectivity index is 1.77. The normalized spacial score (nSPS) is 13.6. The first-order valence-electron chi connectivity index (χ1n) is 8.27. The molecule has 8 nitrogen and oxygen atoms in total. The van der Waals surface area contributed by atoms with Crippen molar-refractivity contribution in [1.29, 1.82) is 0 Å². The summed E-state index contributed by atoms with van der Waals surface area (Å²) < 4.78 is 5.85. The molecule has 1 aromatic carbocycles. The molecule has 0 atom stereocenters. The number of carbonyl (C=O) groups is 2. The number of carbonyl (C=O) groups excluding carboxylic acids is 2. The van der Waals surface area contributed by atoms with Crippen molar-refractivity contribution in [3.05, 3.63) is 45.0 Å². The smallest absolute Gasteiger partial charge is 0.340 e. The Bertz CT molecular complexity index is 877. The van der Waals surface area contributed by atoms with Crippen molar-refractivity contribution in [3.8, 4) is 0 Å². The van der Waals surface area contributed by atoms with Gasteiger partial charge in [0.25, 0.3) is 11.6 Å². The molecule has 142 valence electrons. The maximum Gasteiger partial charge on any atom is 0.340 e. The average molecular weight is 407 g/mol. The molecule has 27 heavy (non-hydrogen) atoms. The van der Waals surface area contributed by atoms with E-state index in [0.717, 1.165) is 18.5 Å².